The largest absolute Gasteiger partial charge is 0.393 e. The van der Waals surface area contributed by atoms with E-state index < -0.39 is 0 Å². The highest BCUT2D eigenvalue weighted by Gasteiger charge is 2.13. The second-order valence-corrected chi connectivity index (χ2v) is 4.55. The minimum absolute atomic E-state index is 0.0433. The lowest BCUT2D eigenvalue weighted by Crippen LogP contribution is -2.12. The molecule has 1 rings (SSSR count). The summed E-state index contributed by atoms with van der Waals surface area (Å²) in [4.78, 5) is 0.431. The molecule has 0 saturated heterocycles. The van der Waals surface area contributed by atoms with Gasteiger partial charge in [-0.05, 0) is 42.5 Å². The summed E-state index contributed by atoms with van der Waals surface area (Å²) < 4.78 is 13.6. The molecule has 0 radical (unpaired) electrons. The highest BCUT2D eigenvalue weighted by Crippen LogP contribution is 2.24. The Bertz CT molecular complexity index is 387. The van der Waals surface area contributed by atoms with Crippen molar-refractivity contribution in [2.45, 2.75) is 33.1 Å². The van der Waals surface area contributed by atoms with Crippen LogP contribution < -0.4 is 5.73 Å². The predicted molar refractivity (Wildman–Crippen MR) is 65.7 cm³/mol. The van der Waals surface area contributed by atoms with Crippen molar-refractivity contribution in [3.05, 3.63) is 34.6 Å². The summed E-state index contributed by atoms with van der Waals surface area (Å²) in [6.45, 7) is 5.82. The number of rotatable bonds is 3. The van der Waals surface area contributed by atoms with Gasteiger partial charge >= 0.3 is 0 Å². The highest BCUT2D eigenvalue weighted by molar-refractivity contribution is 7.80. The lowest BCUT2D eigenvalue weighted by Gasteiger charge is -2.14. The SMILES string of the molecule is Cc1cc(F)c(C(C)CC(N)=S)cc1C. The van der Waals surface area contributed by atoms with Gasteiger partial charge in [0, 0.05) is 6.42 Å². The molecule has 0 aliphatic heterocycles. The zero-order valence-electron chi connectivity index (χ0n) is 9.30. The molecule has 0 aliphatic rings. The maximum absolute atomic E-state index is 13.6. The van der Waals surface area contributed by atoms with Gasteiger partial charge < -0.3 is 5.73 Å². The van der Waals surface area contributed by atoms with Crippen molar-refractivity contribution in [3.63, 3.8) is 0 Å². The molecule has 1 aromatic rings. The van der Waals surface area contributed by atoms with Gasteiger partial charge in [-0.15, -0.1) is 0 Å². The minimum Gasteiger partial charge on any atom is -0.393 e. The Morgan fingerprint density at radius 3 is 2.47 bits per heavy atom. The standard InChI is InChI=1S/C12H16FNS/c1-7-4-10(9(3)6-12(14)15)11(13)5-8(7)2/h4-5,9H,6H2,1-3H3,(H2,14,15). The van der Waals surface area contributed by atoms with E-state index in [1.165, 1.54) is 0 Å². The Labute approximate surface area is 95.5 Å². The summed E-state index contributed by atoms with van der Waals surface area (Å²) in [7, 11) is 0. The summed E-state index contributed by atoms with van der Waals surface area (Å²) in [6.07, 6.45) is 0.550. The summed E-state index contributed by atoms with van der Waals surface area (Å²) in [5.41, 5.74) is 8.23. The average Bonchev–Trinajstić information content (AvgIpc) is 2.09. The number of thiocarbonyl (C=S) groups is 1. The van der Waals surface area contributed by atoms with Crippen LogP contribution in [0.5, 0.6) is 0 Å². The van der Waals surface area contributed by atoms with Crippen molar-refractivity contribution < 1.29 is 4.39 Å². The number of halogens is 1. The van der Waals surface area contributed by atoms with Crippen LogP contribution >= 0.6 is 12.2 Å². The molecule has 0 aliphatic carbocycles. The zero-order valence-corrected chi connectivity index (χ0v) is 10.1. The van der Waals surface area contributed by atoms with E-state index in [1.54, 1.807) is 6.07 Å². The van der Waals surface area contributed by atoms with E-state index in [1.807, 2.05) is 26.8 Å². The van der Waals surface area contributed by atoms with Crippen LogP contribution in [0.25, 0.3) is 0 Å². The molecule has 0 fully saturated rings. The first-order valence-electron chi connectivity index (χ1n) is 4.96. The molecule has 1 aromatic carbocycles. The van der Waals surface area contributed by atoms with Crippen LogP contribution in [0.15, 0.2) is 12.1 Å². The van der Waals surface area contributed by atoms with E-state index in [0.29, 0.717) is 17.0 Å². The van der Waals surface area contributed by atoms with Gasteiger partial charge in [0.15, 0.2) is 0 Å². The van der Waals surface area contributed by atoms with Crippen LogP contribution in [0.3, 0.4) is 0 Å². The Hall–Kier alpha value is -0.960. The molecule has 0 saturated carbocycles. The van der Waals surface area contributed by atoms with Crippen LogP contribution in [0.4, 0.5) is 4.39 Å². The molecule has 1 nitrogen and oxygen atoms in total. The van der Waals surface area contributed by atoms with Crippen LogP contribution in [0.2, 0.25) is 0 Å². The minimum atomic E-state index is -0.165. The molecule has 1 atom stereocenters. The van der Waals surface area contributed by atoms with E-state index in [2.05, 4.69) is 0 Å². The third kappa shape index (κ3) is 2.99. The Morgan fingerprint density at radius 1 is 1.40 bits per heavy atom. The highest BCUT2D eigenvalue weighted by atomic mass is 32.1. The first kappa shape index (κ1) is 12.1. The van der Waals surface area contributed by atoms with Crippen LogP contribution in [0, 0.1) is 19.7 Å². The lowest BCUT2D eigenvalue weighted by molar-refractivity contribution is 0.591. The first-order chi connectivity index (χ1) is 6.91. The molecular formula is C12H16FNS. The fourth-order valence-corrected chi connectivity index (χ4v) is 1.84. The van der Waals surface area contributed by atoms with Crippen molar-refractivity contribution in [2.24, 2.45) is 5.73 Å². The second kappa shape index (κ2) is 4.71. The smallest absolute Gasteiger partial charge is 0.126 e. The summed E-state index contributed by atoms with van der Waals surface area (Å²) in [6, 6.07) is 3.45. The van der Waals surface area contributed by atoms with Gasteiger partial charge in [0.05, 0.1) is 4.99 Å². The van der Waals surface area contributed by atoms with Gasteiger partial charge in [-0.2, -0.15) is 0 Å². The molecule has 0 amide bonds. The number of hydrogen-bond donors (Lipinski definition) is 1. The lowest BCUT2D eigenvalue weighted by atomic mass is 9.94. The monoisotopic (exact) mass is 225 g/mol. The maximum Gasteiger partial charge on any atom is 0.126 e. The summed E-state index contributed by atoms with van der Waals surface area (Å²) >= 11 is 4.83. The number of aryl methyl sites for hydroxylation is 2. The normalized spacial score (nSPS) is 12.5. The van der Waals surface area contributed by atoms with E-state index in [0.717, 1.165) is 11.1 Å². The first-order valence-corrected chi connectivity index (χ1v) is 5.37. The number of nitrogens with two attached hydrogens (primary N) is 1. The van der Waals surface area contributed by atoms with Crippen LogP contribution in [-0.2, 0) is 0 Å². The topological polar surface area (TPSA) is 26.0 Å². The van der Waals surface area contributed by atoms with Crippen molar-refractivity contribution in [1.82, 2.24) is 0 Å². The third-order valence-electron chi connectivity index (χ3n) is 2.65. The van der Waals surface area contributed by atoms with Crippen molar-refractivity contribution in [2.75, 3.05) is 0 Å². The summed E-state index contributed by atoms with van der Waals surface area (Å²) in [5.74, 6) is -0.122. The quantitative estimate of drug-likeness (QED) is 0.799. The average molecular weight is 225 g/mol. The van der Waals surface area contributed by atoms with Crippen molar-refractivity contribution in [3.8, 4) is 0 Å². The third-order valence-corrected chi connectivity index (χ3v) is 2.82. The molecule has 0 heterocycles. The summed E-state index contributed by atoms with van der Waals surface area (Å²) in [5, 5.41) is 0. The number of hydrogen-bond acceptors (Lipinski definition) is 1. The van der Waals surface area contributed by atoms with Gasteiger partial charge in [0.25, 0.3) is 0 Å². The zero-order chi connectivity index (χ0) is 11.6. The molecular weight excluding hydrogens is 209 g/mol. The second-order valence-electron chi connectivity index (χ2n) is 4.03. The van der Waals surface area contributed by atoms with Gasteiger partial charge in [0.2, 0.25) is 0 Å². The Balaban J connectivity index is 3.03. The maximum atomic E-state index is 13.6. The van der Waals surface area contributed by atoms with E-state index >= 15 is 0 Å². The predicted octanol–water partition coefficient (Wildman–Crippen LogP) is 3.22. The van der Waals surface area contributed by atoms with Crippen molar-refractivity contribution >= 4 is 17.2 Å². The van der Waals surface area contributed by atoms with Crippen LogP contribution in [0.1, 0.15) is 36.0 Å². The molecule has 1 unspecified atom stereocenters. The van der Waals surface area contributed by atoms with Gasteiger partial charge in [-0.25, -0.2) is 4.39 Å². The molecule has 0 aromatic heterocycles. The molecule has 2 N–H and O–H groups in total. The van der Waals surface area contributed by atoms with Crippen LogP contribution in [-0.4, -0.2) is 4.99 Å². The fraction of sp³-hybridized carbons (Fsp3) is 0.417. The Kier molecular flexibility index (Phi) is 3.80. The molecule has 82 valence electrons. The fourth-order valence-electron chi connectivity index (χ4n) is 1.59. The molecule has 0 bridgehead atoms. The van der Waals surface area contributed by atoms with E-state index in [-0.39, 0.29) is 11.7 Å². The van der Waals surface area contributed by atoms with E-state index in [9.17, 15) is 4.39 Å². The molecule has 0 spiro atoms. The number of benzene rings is 1. The van der Waals surface area contributed by atoms with Gasteiger partial charge in [-0.1, -0.05) is 25.2 Å². The van der Waals surface area contributed by atoms with E-state index in [4.69, 9.17) is 18.0 Å². The van der Waals surface area contributed by atoms with Gasteiger partial charge in [0.1, 0.15) is 5.82 Å². The molecule has 15 heavy (non-hydrogen) atoms. The van der Waals surface area contributed by atoms with Gasteiger partial charge in [-0.3, -0.25) is 0 Å². The molecule has 3 heteroatoms. The Morgan fingerprint density at radius 2 is 1.93 bits per heavy atom. The van der Waals surface area contributed by atoms with Crippen molar-refractivity contribution in [1.29, 1.82) is 0 Å².